The number of nitrogens with one attached hydrogen (secondary N) is 1. The summed E-state index contributed by atoms with van der Waals surface area (Å²) in [7, 11) is 3.09. The monoisotopic (exact) mass is 372 g/mol. The lowest BCUT2D eigenvalue weighted by Gasteiger charge is -2.35. The van der Waals surface area contributed by atoms with Crippen LogP contribution in [-0.4, -0.2) is 30.1 Å². The van der Waals surface area contributed by atoms with E-state index in [1.54, 1.807) is 31.0 Å². The molecule has 7 heteroatoms. The molecule has 1 heterocycles. The number of halogens is 2. The number of ether oxygens (including phenoxy) is 1. The zero-order chi connectivity index (χ0) is 15.7. The van der Waals surface area contributed by atoms with Crippen molar-refractivity contribution >= 4 is 39.2 Å². The maximum Gasteiger partial charge on any atom is 0.337 e. The van der Waals surface area contributed by atoms with E-state index >= 15 is 0 Å². The summed E-state index contributed by atoms with van der Waals surface area (Å²) in [6, 6.07) is 4.10. The van der Waals surface area contributed by atoms with Crippen molar-refractivity contribution in [3.8, 4) is 0 Å². The Morgan fingerprint density at radius 1 is 1.52 bits per heavy atom. The van der Waals surface area contributed by atoms with Crippen LogP contribution in [-0.2, 0) is 9.53 Å². The van der Waals surface area contributed by atoms with E-state index in [1.807, 2.05) is 0 Å². The summed E-state index contributed by atoms with van der Waals surface area (Å²) in [4.78, 5) is 13.8. The van der Waals surface area contributed by atoms with Crippen molar-refractivity contribution in [2.24, 2.45) is 0 Å². The molecule has 112 valence electrons. The first kappa shape index (κ1) is 15.9. The molecule has 1 atom stereocenters. The molecule has 0 aromatic heterocycles. The van der Waals surface area contributed by atoms with Crippen LogP contribution in [0.4, 0.5) is 4.39 Å². The molecule has 0 unspecified atom stereocenters. The average molecular weight is 373 g/mol. The molecule has 0 saturated heterocycles. The standard InChI is InChI=1S/C14H14BrFN2O2S/c1-7-11(13(19)20-3)12(17-14(21)18(7)2)8-4-5-10(16)9(15)6-8/h4-6,12H,1-3H3,(H,17,21)/t12-/m1/s1. The number of allylic oxidation sites excluding steroid dienone is 1. The molecule has 1 aliphatic rings. The highest BCUT2D eigenvalue weighted by Crippen LogP contribution is 2.32. The molecule has 4 nitrogen and oxygen atoms in total. The van der Waals surface area contributed by atoms with Crippen molar-refractivity contribution in [2.75, 3.05) is 14.2 Å². The van der Waals surface area contributed by atoms with Crippen LogP contribution in [0.3, 0.4) is 0 Å². The number of benzene rings is 1. The number of nitrogens with zero attached hydrogens (tertiary/aromatic N) is 1. The zero-order valence-electron chi connectivity index (χ0n) is 11.7. The smallest absolute Gasteiger partial charge is 0.337 e. The molecule has 0 fully saturated rings. The highest BCUT2D eigenvalue weighted by Gasteiger charge is 2.33. The van der Waals surface area contributed by atoms with Gasteiger partial charge in [-0.3, -0.25) is 0 Å². The molecular weight excluding hydrogens is 359 g/mol. The Morgan fingerprint density at radius 2 is 2.19 bits per heavy atom. The minimum atomic E-state index is -0.474. The minimum Gasteiger partial charge on any atom is -0.466 e. The van der Waals surface area contributed by atoms with Crippen LogP contribution in [0, 0.1) is 5.82 Å². The normalized spacial score (nSPS) is 18.6. The first-order chi connectivity index (χ1) is 9.86. The number of hydrogen-bond donors (Lipinski definition) is 1. The van der Waals surface area contributed by atoms with Crippen LogP contribution in [0.15, 0.2) is 33.9 Å². The van der Waals surface area contributed by atoms with Gasteiger partial charge in [0.15, 0.2) is 5.11 Å². The topological polar surface area (TPSA) is 41.6 Å². The summed E-state index contributed by atoms with van der Waals surface area (Å²) in [5, 5.41) is 3.57. The first-order valence-electron chi connectivity index (χ1n) is 6.15. The van der Waals surface area contributed by atoms with Gasteiger partial charge in [-0.25, -0.2) is 9.18 Å². The van der Waals surface area contributed by atoms with Gasteiger partial charge in [-0.05, 0) is 52.8 Å². The summed E-state index contributed by atoms with van der Waals surface area (Å²) >= 11 is 8.41. The van der Waals surface area contributed by atoms with Crippen LogP contribution in [0.5, 0.6) is 0 Å². The molecule has 0 bridgehead atoms. The van der Waals surface area contributed by atoms with Crippen molar-refractivity contribution < 1.29 is 13.9 Å². The summed E-state index contributed by atoms with van der Waals surface area (Å²) in [5.74, 6) is -0.811. The van der Waals surface area contributed by atoms with Gasteiger partial charge in [0.05, 0.1) is 23.2 Å². The molecule has 1 N–H and O–H groups in total. The van der Waals surface area contributed by atoms with Crippen LogP contribution in [0.1, 0.15) is 18.5 Å². The second kappa shape index (κ2) is 6.11. The molecule has 1 aromatic rings. The molecule has 0 spiro atoms. The fraction of sp³-hybridized carbons (Fsp3) is 0.286. The van der Waals surface area contributed by atoms with Gasteiger partial charge in [0.25, 0.3) is 0 Å². The number of carbonyl (C=O) groups excluding carboxylic acids is 1. The average Bonchev–Trinajstić information content (AvgIpc) is 2.46. The highest BCUT2D eigenvalue weighted by atomic mass is 79.9. The Hall–Kier alpha value is -1.47. The van der Waals surface area contributed by atoms with Crippen LogP contribution >= 0.6 is 28.1 Å². The fourth-order valence-electron chi connectivity index (χ4n) is 2.15. The molecule has 2 rings (SSSR count). The van der Waals surface area contributed by atoms with E-state index < -0.39 is 12.0 Å². The Labute approximate surface area is 136 Å². The molecule has 0 saturated carbocycles. The van der Waals surface area contributed by atoms with Crippen molar-refractivity contribution in [2.45, 2.75) is 13.0 Å². The van der Waals surface area contributed by atoms with E-state index in [1.165, 1.54) is 13.2 Å². The fourth-order valence-corrected chi connectivity index (χ4v) is 2.80. The SMILES string of the molecule is COC(=O)C1=C(C)N(C)C(=S)N[C@@H]1c1ccc(F)c(Br)c1. The minimum absolute atomic E-state index is 0.327. The maximum absolute atomic E-state index is 13.4. The largest absolute Gasteiger partial charge is 0.466 e. The maximum atomic E-state index is 13.4. The number of rotatable bonds is 2. The lowest BCUT2D eigenvalue weighted by Crippen LogP contribution is -2.46. The zero-order valence-corrected chi connectivity index (χ0v) is 14.1. The second-order valence-corrected chi connectivity index (χ2v) is 5.85. The third-order valence-electron chi connectivity index (χ3n) is 3.44. The van der Waals surface area contributed by atoms with Gasteiger partial charge >= 0.3 is 5.97 Å². The van der Waals surface area contributed by atoms with E-state index in [0.29, 0.717) is 20.9 Å². The highest BCUT2D eigenvalue weighted by molar-refractivity contribution is 9.10. The van der Waals surface area contributed by atoms with Gasteiger partial charge in [0.2, 0.25) is 0 Å². The Morgan fingerprint density at radius 3 is 2.76 bits per heavy atom. The molecule has 0 amide bonds. The van der Waals surface area contributed by atoms with Gasteiger partial charge in [0, 0.05) is 12.7 Å². The van der Waals surface area contributed by atoms with Crippen molar-refractivity contribution in [1.29, 1.82) is 0 Å². The van der Waals surface area contributed by atoms with Crippen LogP contribution < -0.4 is 5.32 Å². The van der Waals surface area contributed by atoms with E-state index in [4.69, 9.17) is 17.0 Å². The number of hydrogen-bond acceptors (Lipinski definition) is 3. The Kier molecular flexibility index (Phi) is 4.63. The van der Waals surface area contributed by atoms with Crippen molar-refractivity contribution in [3.63, 3.8) is 0 Å². The van der Waals surface area contributed by atoms with Gasteiger partial charge in [-0.15, -0.1) is 0 Å². The van der Waals surface area contributed by atoms with Gasteiger partial charge < -0.3 is 15.0 Å². The number of carbonyl (C=O) groups is 1. The van der Waals surface area contributed by atoms with Gasteiger partial charge in [-0.2, -0.15) is 0 Å². The summed E-state index contributed by atoms with van der Waals surface area (Å²) < 4.78 is 18.6. The van der Waals surface area contributed by atoms with Crippen LogP contribution in [0.2, 0.25) is 0 Å². The third kappa shape index (κ3) is 2.94. The number of thiocarbonyl (C=S) groups is 1. The Balaban J connectivity index is 2.56. The van der Waals surface area contributed by atoms with E-state index in [0.717, 1.165) is 5.56 Å². The van der Waals surface area contributed by atoms with Gasteiger partial charge in [-0.1, -0.05) is 6.07 Å². The summed E-state index contributed by atoms with van der Waals surface area (Å²) in [6.45, 7) is 1.80. The molecule has 0 radical (unpaired) electrons. The van der Waals surface area contributed by atoms with E-state index in [-0.39, 0.29) is 5.82 Å². The number of methoxy groups -OCH3 is 1. The molecule has 1 aromatic carbocycles. The Bertz CT molecular complexity index is 648. The second-order valence-electron chi connectivity index (χ2n) is 4.61. The predicted octanol–water partition coefficient (Wildman–Crippen LogP) is 2.90. The number of esters is 1. The lowest BCUT2D eigenvalue weighted by atomic mass is 9.95. The molecule has 21 heavy (non-hydrogen) atoms. The molecule has 1 aliphatic heterocycles. The summed E-state index contributed by atoms with van der Waals surface area (Å²) in [5.41, 5.74) is 1.88. The van der Waals surface area contributed by atoms with Crippen LogP contribution in [0.25, 0.3) is 0 Å². The van der Waals surface area contributed by atoms with E-state index in [2.05, 4.69) is 21.2 Å². The molecular formula is C14H14BrFN2O2S. The third-order valence-corrected chi connectivity index (χ3v) is 4.44. The van der Waals surface area contributed by atoms with Crippen molar-refractivity contribution in [1.82, 2.24) is 10.2 Å². The molecule has 0 aliphatic carbocycles. The van der Waals surface area contributed by atoms with E-state index in [9.17, 15) is 9.18 Å². The van der Waals surface area contributed by atoms with Crippen molar-refractivity contribution in [3.05, 3.63) is 45.3 Å². The summed E-state index contributed by atoms with van der Waals surface area (Å²) in [6.07, 6.45) is 0. The lowest BCUT2D eigenvalue weighted by molar-refractivity contribution is -0.136. The van der Waals surface area contributed by atoms with Gasteiger partial charge in [0.1, 0.15) is 5.82 Å². The quantitative estimate of drug-likeness (QED) is 0.638. The predicted molar refractivity (Wildman–Crippen MR) is 85.1 cm³/mol. The first-order valence-corrected chi connectivity index (χ1v) is 7.35.